The number of hydrogen-bond acceptors (Lipinski definition) is 5. The topological polar surface area (TPSA) is 64.0 Å². The van der Waals surface area contributed by atoms with Gasteiger partial charge in [0.15, 0.2) is 5.16 Å². The van der Waals surface area contributed by atoms with Crippen LogP contribution in [-0.2, 0) is 24.2 Å². The van der Waals surface area contributed by atoms with Crippen molar-refractivity contribution in [3.05, 3.63) is 88.0 Å². The van der Waals surface area contributed by atoms with Crippen molar-refractivity contribution >= 4 is 44.9 Å². The third kappa shape index (κ3) is 4.97. The number of benzene rings is 2. The number of anilines is 1. The number of aromatic nitrogens is 2. The standard InChI is InChI=1S/C28H27N3O2S2/c1-3-15-31-27(33)25-22-14-9-18(2)16-23(22)35-26(25)30-28(31)34-17-24(32)29-21-12-10-20(11-13-21)19-7-5-4-6-8-19/h3-8,10-13,18H,1,9,14-17H2,2H3,(H,29,32)/t18-/m1/s1. The molecule has 1 amide bonds. The summed E-state index contributed by atoms with van der Waals surface area (Å²) < 4.78 is 1.65. The Labute approximate surface area is 212 Å². The van der Waals surface area contributed by atoms with E-state index >= 15 is 0 Å². The average Bonchev–Trinajstić information content (AvgIpc) is 3.23. The van der Waals surface area contributed by atoms with Gasteiger partial charge in [-0.2, -0.15) is 0 Å². The van der Waals surface area contributed by atoms with E-state index in [-0.39, 0.29) is 17.2 Å². The molecule has 0 fully saturated rings. The van der Waals surface area contributed by atoms with Crippen LogP contribution in [0.1, 0.15) is 23.8 Å². The summed E-state index contributed by atoms with van der Waals surface area (Å²) in [5.74, 6) is 0.656. The van der Waals surface area contributed by atoms with Crippen LogP contribution in [0, 0.1) is 5.92 Å². The molecule has 35 heavy (non-hydrogen) atoms. The molecule has 4 aromatic rings. The lowest BCUT2D eigenvalue weighted by molar-refractivity contribution is -0.113. The van der Waals surface area contributed by atoms with Crippen LogP contribution < -0.4 is 10.9 Å². The second kappa shape index (κ2) is 10.2. The van der Waals surface area contributed by atoms with Gasteiger partial charge in [0.1, 0.15) is 4.83 Å². The molecule has 0 radical (unpaired) electrons. The lowest BCUT2D eigenvalue weighted by Gasteiger charge is -2.17. The zero-order chi connectivity index (χ0) is 24.4. The van der Waals surface area contributed by atoms with Gasteiger partial charge >= 0.3 is 0 Å². The highest BCUT2D eigenvalue weighted by Gasteiger charge is 2.24. The molecular weight excluding hydrogens is 474 g/mol. The van der Waals surface area contributed by atoms with Crippen molar-refractivity contribution in [2.45, 2.75) is 37.9 Å². The molecule has 7 heteroatoms. The van der Waals surface area contributed by atoms with Crippen molar-refractivity contribution in [2.75, 3.05) is 11.1 Å². The van der Waals surface area contributed by atoms with E-state index in [1.807, 2.05) is 42.5 Å². The Kier molecular flexibility index (Phi) is 6.88. The van der Waals surface area contributed by atoms with Gasteiger partial charge in [0.05, 0.1) is 11.1 Å². The number of thiophene rings is 1. The van der Waals surface area contributed by atoms with Crippen LogP contribution in [0.2, 0.25) is 0 Å². The number of rotatable bonds is 7. The van der Waals surface area contributed by atoms with Crippen molar-refractivity contribution in [1.29, 1.82) is 0 Å². The summed E-state index contributed by atoms with van der Waals surface area (Å²) >= 11 is 2.92. The maximum atomic E-state index is 13.4. The molecule has 1 aliphatic rings. The number of carbonyl (C=O) groups is 1. The van der Waals surface area contributed by atoms with Crippen molar-refractivity contribution in [3.63, 3.8) is 0 Å². The third-order valence-corrected chi connectivity index (χ3v) is 8.42. The number of hydrogen-bond donors (Lipinski definition) is 1. The quantitative estimate of drug-likeness (QED) is 0.187. The van der Waals surface area contributed by atoms with Crippen molar-refractivity contribution in [3.8, 4) is 11.1 Å². The maximum Gasteiger partial charge on any atom is 0.263 e. The predicted octanol–water partition coefficient (Wildman–Crippen LogP) is 6.17. The Balaban J connectivity index is 1.33. The van der Waals surface area contributed by atoms with Crippen molar-refractivity contribution in [1.82, 2.24) is 9.55 Å². The lowest BCUT2D eigenvalue weighted by atomic mass is 9.89. The Hall–Kier alpha value is -3.16. The molecule has 2 aromatic heterocycles. The Bertz CT molecular complexity index is 1440. The van der Waals surface area contributed by atoms with Crippen LogP contribution in [0.3, 0.4) is 0 Å². The number of thioether (sulfide) groups is 1. The first-order chi connectivity index (χ1) is 17.0. The first kappa shape index (κ1) is 23.6. The second-order valence-corrected chi connectivity index (χ2v) is 10.9. The van der Waals surface area contributed by atoms with E-state index in [2.05, 4.69) is 31.0 Å². The van der Waals surface area contributed by atoms with E-state index in [0.29, 0.717) is 17.6 Å². The molecule has 5 rings (SSSR count). The summed E-state index contributed by atoms with van der Waals surface area (Å²) in [6.07, 6.45) is 4.74. The molecule has 0 spiro atoms. The van der Waals surface area contributed by atoms with Crippen LogP contribution in [0.15, 0.2) is 77.2 Å². The maximum absolute atomic E-state index is 13.4. The fraction of sp³-hybridized carbons (Fsp3) is 0.250. The number of aryl methyl sites for hydroxylation is 1. The van der Waals surface area contributed by atoms with E-state index in [1.165, 1.54) is 22.2 Å². The number of amides is 1. The first-order valence-corrected chi connectivity index (χ1v) is 13.6. The molecule has 2 aromatic carbocycles. The zero-order valence-corrected chi connectivity index (χ0v) is 21.3. The van der Waals surface area contributed by atoms with Crippen molar-refractivity contribution in [2.24, 2.45) is 5.92 Å². The minimum Gasteiger partial charge on any atom is -0.325 e. The monoisotopic (exact) mass is 501 g/mol. The molecule has 178 valence electrons. The summed E-state index contributed by atoms with van der Waals surface area (Å²) in [5, 5.41) is 4.26. The smallest absolute Gasteiger partial charge is 0.263 e. The number of allylic oxidation sites excluding steroid dienone is 1. The van der Waals surface area contributed by atoms with Crippen LogP contribution in [-0.4, -0.2) is 21.2 Å². The summed E-state index contributed by atoms with van der Waals surface area (Å²) in [6, 6.07) is 17.9. The van der Waals surface area contributed by atoms with E-state index in [4.69, 9.17) is 4.98 Å². The first-order valence-electron chi connectivity index (χ1n) is 11.8. The zero-order valence-electron chi connectivity index (χ0n) is 19.6. The Morgan fingerprint density at radius 3 is 2.69 bits per heavy atom. The lowest BCUT2D eigenvalue weighted by Crippen LogP contribution is -2.24. The van der Waals surface area contributed by atoms with E-state index in [9.17, 15) is 9.59 Å². The Morgan fingerprint density at radius 2 is 1.94 bits per heavy atom. The predicted molar refractivity (Wildman–Crippen MR) is 146 cm³/mol. The second-order valence-electron chi connectivity index (χ2n) is 8.91. The highest BCUT2D eigenvalue weighted by molar-refractivity contribution is 7.99. The van der Waals surface area contributed by atoms with Crippen LogP contribution >= 0.6 is 23.1 Å². The number of nitrogens with one attached hydrogen (secondary N) is 1. The van der Waals surface area contributed by atoms with E-state index < -0.39 is 0 Å². The minimum absolute atomic E-state index is 0.0265. The SMILES string of the molecule is C=CCn1c(SCC(=O)Nc2ccc(-c3ccccc3)cc2)nc2sc3c(c2c1=O)CC[C@@H](C)C3. The van der Waals surface area contributed by atoms with Crippen LogP contribution in [0.5, 0.6) is 0 Å². The van der Waals surface area contributed by atoms with Gasteiger partial charge in [0, 0.05) is 17.1 Å². The summed E-state index contributed by atoms with van der Waals surface area (Å²) in [6.45, 7) is 6.43. The van der Waals surface area contributed by atoms with Gasteiger partial charge in [-0.25, -0.2) is 4.98 Å². The van der Waals surface area contributed by atoms with Crippen LogP contribution in [0.25, 0.3) is 21.3 Å². The number of nitrogens with zero attached hydrogens (tertiary/aromatic N) is 2. The minimum atomic E-state index is -0.138. The number of carbonyl (C=O) groups excluding carboxylic acids is 1. The van der Waals surface area contributed by atoms with E-state index in [0.717, 1.165) is 46.3 Å². The fourth-order valence-electron chi connectivity index (χ4n) is 4.51. The largest absolute Gasteiger partial charge is 0.325 e. The molecule has 5 nitrogen and oxygen atoms in total. The molecule has 0 aliphatic heterocycles. The van der Waals surface area contributed by atoms with Gasteiger partial charge in [-0.3, -0.25) is 14.2 Å². The van der Waals surface area contributed by atoms with E-state index in [1.54, 1.807) is 22.0 Å². The summed E-state index contributed by atoms with van der Waals surface area (Å²) in [4.78, 5) is 33.0. The summed E-state index contributed by atoms with van der Waals surface area (Å²) in [5.41, 5.74) is 4.11. The molecule has 1 atom stereocenters. The average molecular weight is 502 g/mol. The molecule has 0 saturated heterocycles. The van der Waals surface area contributed by atoms with Gasteiger partial charge in [-0.1, -0.05) is 67.2 Å². The molecule has 0 saturated carbocycles. The molecule has 2 heterocycles. The van der Waals surface area contributed by atoms with Gasteiger partial charge in [0.2, 0.25) is 5.91 Å². The molecule has 1 aliphatic carbocycles. The van der Waals surface area contributed by atoms with Gasteiger partial charge in [-0.05, 0) is 54.0 Å². The summed E-state index contributed by atoms with van der Waals surface area (Å²) in [7, 11) is 0. The van der Waals surface area contributed by atoms with Gasteiger partial charge in [0.25, 0.3) is 5.56 Å². The molecule has 0 unspecified atom stereocenters. The Morgan fingerprint density at radius 1 is 1.20 bits per heavy atom. The molecule has 1 N–H and O–H groups in total. The number of fused-ring (bicyclic) bond motifs is 3. The third-order valence-electron chi connectivity index (χ3n) is 6.30. The highest BCUT2D eigenvalue weighted by Crippen LogP contribution is 2.36. The normalized spacial score (nSPS) is 15.1. The van der Waals surface area contributed by atoms with Gasteiger partial charge in [-0.15, -0.1) is 17.9 Å². The molecule has 0 bridgehead atoms. The molecular formula is C28H27N3O2S2. The van der Waals surface area contributed by atoms with Crippen molar-refractivity contribution < 1.29 is 4.79 Å². The van der Waals surface area contributed by atoms with Gasteiger partial charge < -0.3 is 5.32 Å². The van der Waals surface area contributed by atoms with Crippen LogP contribution in [0.4, 0.5) is 5.69 Å². The highest BCUT2D eigenvalue weighted by atomic mass is 32.2. The fourth-order valence-corrected chi connectivity index (χ4v) is 6.74.